The topological polar surface area (TPSA) is 198 Å². The lowest BCUT2D eigenvalue weighted by Crippen LogP contribution is -2.50. The van der Waals surface area contributed by atoms with Crippen LogP contribution in [0.15, 0.2) is 0 Å². The van der Waals surface area contributed by atoms with E-state index >= 15 is 0 Å². The Balaban J connectivity index is 5.49. The highest BCUT2D eigenvalue weighted by Crippen LogP contribution is 2.26. The fourth-order valence-corrected chi connectivity index (χ4v) is 4.58. The molecule has 0 heterocycles. The van der Waals surface area contributed by atoms with E-state index in [1.54, 1.807) is 0 Å². The van der Waals surface area contributed by atoms with Crippen molar-refractivity contribution in [2.75, 3.05) is 106 Å². The van der Waals surface area contributed by atoms with Crippen LogP contribution in [0.3, 0.4) is 0 Å². The lowest BCUT2D eigenvalue weighted by molar-refractivity contribution is -0.141. The van der Waals surface area contributed by atoms with Crippen LogP contribution in [0.1, 0.15) is 57.8 Å². The van der Waals surface area contributed by atoms with Crippen molar-refractivity contribution < 1.29 is 57.1 Å². The number of ether oxygens (including phenoxy) is 7. The molecule has 0 fully saturated rings. The molecule has 0 aromatic rings. The Labute approximate surface area is 314 Å². The van der Waals surface area contributed by atoms with E-state index in [9.17, 15) is 24.0 Å². The summed E-state index contributed by atoms with van der Waals surface area (Å²) in [5.41, 5.74) is -1.12. The van der Waals surface area contributed by atoms with Crippen LogP contribution in [0.25, 0.3) is 0 Å². The molecule has 0 atom stereocenters. The number of esters is 1. The molecule has 0 aliphatic rings. The maximum absolute atomic E-state index is 13.2. The predicted octanol–water partition coefficient (Wildman–Crippen LogP) is -0.127. The predicted molar refractivity (Wildman–Crippen MR) is 195 cm³/mol. The molecule has 0 aliphatic carbocycles. The van der Waals surface area contributed by atoms with Crippen molar-refractivity contribution in [2.24, 2.45) is 0 Å². The molecule has 0 aromatic carbocycles. The van der Waals surface area contributed by atoms with Crippen LogP contribution >= 0.6 is 0 Å². The van der Waals surface area contributed by atoms with E-state index in [2.05, 4.69) is 43.8 Å². The summed E-state index contributed by atoms with van der Waals surface area (Å²) in [6, 6.07) is 0. The number of methoxy groups -OCH3 is 1. The fourth-order valence-electron chi connectivity index (χ4n) is 4.58. The summed E-state index contributed by atoms with van der Waals surface area (Å²) in [5.74, 6) is 5.32. The van der Waals surface area contributed by atoms with E-state index in [4.69, 9.17) is 47.7 Å². The van der Waals surface area contributed by atoms with E-state index in [-0.39, 0.29) is 135 Å². The molecule has 0 saturated carbocycles. The van der Waals surface area contributed by atoms with Gasteiger partial charge < -0.3 is 54.4 Å². The second-order valence-electron chi connectivity index (χ2n) is 11.4. The largest absolute Gasteiger partial charge is 0.469 e. The smallest absolute Gasteiger partial charge is 0.305 e. The lowest BCUT2D eigenvalue weighted by atomic mass is 9.83. The number of terminal acetylenes is 3. The summed E-state index contributed by atoms with van der Waals surface area (Å²) in [5, 5.41) is 11.3. The van der Waals surface area contributed by atoms with E-state index in [1.807, 2.05) is 0 Å². The van der Waals surface area contributed by atoms with Crippen molar-refractivity contribution in [3.63, 3.8) is 0 Å². The van der Waals surface area contributed by atoms with Crippen molar-refractivity contribution in [3.8, 4) is 37.0 Å². The summed E-state index contributed by atoms with van der Waals surface area (Å²) in [6.07, 6.45) is 16.0. The van der Waals surface area contributed by atoms with Gasteiger partial charge in [-0.05, 0) is 25.7 Å². The van der Waals surface area contributed by atoms with Crippen LogP contribution in [-0.4, -0.2) is 141 Å². The number of carbonyl (C=O) groups is 5. The highest BCUT2D eigenvalue weighted by atomic mass is 16.5. The molecule has 16 heteroatoms. The van der Waals surface area contributed by atoms with E-state index in [1.165, 1.54) is 7.11 Å². The third-order valence-electron chi connectivity index (χ3n) is 7.29. The molecule has 16 nitrogen and oxygen atoms in total. The highest BCUT2D eigenvalue weighted by Gasteiger charge is 2.33. The maximum atomic E-state index is 13.2. The summed E-state index contributed by atoms with van der Waals surface area (Å²) in [6.45, 7) is 3.92. The summed E-state index contributed by atoms with van der Waals surface area (Å²) in [7, 11) is 1.26. The van der Waals surface area contributed by atoms with Crippen LogP contribution in [0.5, 0.6) is 0 Å². The third kappa shape index (κ3) is 31.1. The highest BCUT2D eigenvalue weighted by molar-refractivity contribution is 5.80. The Morgan fingerprint density at radius 3 is 1.19 bits per heavy atom. The van der Waals surface area contributed by atoms with Gasteiger partial charge in [-0.15, -0.1) is 19.3 Å². The van der Waals surface area contributed by atoms with Crippen molar-refractivity contribution in [1.82, 2.24) is 21.3 Å². The Kier molecular flexibility index (Phi) is 32.1. The molecular weight excluding hydrogens is 692 g/mol. The second kappa shape index (κ2) is 34.9. The fraction of sp³-hybridized carbons (Fsp3) is 0.703. The van der Waals surface area contributed by atoms with Gasteiger partial charge in [0.25, 0.3) is 0 Å². The molecule has 0 saturated heterocycles. The Hall–Kier alpha value is -4.21. The first-order chi connectivity index (χ1) is 25.7. The average Bonchev–Trinajstić information content (AvgIpc) is 3.15. The molecule has 0 aromatic heterocycles. The zero-order valence-corrected chi connectivity index (χ0v) is 31.1. The van der Waals surface area contributed by atoms with Gasteiger partial charge in [-0.1, -0.05) is 17.8 Å². The van der Waals surface area contributed by atoms with Crippen LogP contribution in [0, 0.1) is 37.0 Å². The van der Waals surface area contributed by atoms with Crippen molar-refractivity contribution in [2.45, 2.75) is 63.3 Å². The van der Waals surface area contributed by atoms with Crippen LogP contribution < -0.4 is 21.3 Å². The molecule has 4 amide bonds. The molecular formula is C37H58N4O12. The quantitative estimate of drug-likeness (QED) is 0.0381. The minimum atomic E-state index is -1.12. The summed E-state index contributed by atoms with van der Waals surface area (Å²) >= 11 is 0. The number of hydrogen-bond donors (Lipinski definition) is 4. The Morgan fingerprint density at radius 1 is 0.491 bits per heavy atom. The van der Waals surface area contributed by atoms with Gasteiger partial charge >= 0.3 is 5.97 Å². The number of hydrogen-bond acceptors (Lipinski definition) is 12. The first kappa shape index (κ1) is 48.8. The van der Waals surface area contributed by atoms with Gasteiger partial charge in [-0.2, -0.15) is 0 Å². The minimum Gasteiger partial charge on any atom is -0.469 e. The lowest BCUT2D eigenvalue weighted by Gasteiger charge is -2.35. The van der Waals surface area contributed by atoms with Crippen LogP contribution in [0.4, 0.5) is 0 Å². The number of amides is 4. The van der Waals surface area contributed by atoms with E-state index in [0.29, 0.717) is 39.6 Å². The van der Waals surface area contributed by atoms with Gasteiger partial charge in [0, 0.05) is 57.3 Å². The molecule has 53 heavy (non-hydrogen) atoms. The second-order valence-corrected chi connectivity index (χ2v) is 11.4. The summed E-state index contributed by atoms with van der Waals surface area (Å²) in [4.78, 5) is 63.4. The molecule has 0 bridgehead atoms. The molecule has 0 rings (SSSR count). The third-order valence-corrected chi connectivity index (χ3v) is 7.29. The molecule has 298 valence electrons. The number of carbonyl (C=O) groups excluding carboxylic acids is 5. The summed E-state index contributed by atoms with van der Waals surface area (Å²) < 4.78 is 36.4. The minimum absolute atomic E-state index is 0.00533. The van der Waals surface area contributed by atoms with Gasteiger partial charge in [-0.25, -0.2) is 0 Å². The molecule has 0 radical (unpaired) electrons. The van der Waals surface area contributed by atoms with Gasteiger partial charge in [0.1, 0.15) is 19.8 Å². The zero-order chi connectivity index (χ0) is 39.3. The monoisotopic (exact) mass is 750 g/mol. The van der Waals surface area contributed by atoms with Crippen LogP contribution in [-0.2, 0) is 57.1 Å². The zero-order valence-electron chi connectivity index (χ0n) is 31.1. The Bertz CT molecular complexity index is 1050. The van der Waals surface area contributed by atoms with Crippen molar-refractivity contribution in [3.05, 3.63) is 0 Å². The standard InChI is InChI=1S/C37H58N4O12/c1-5-20-48-26-29-51-23-17-38-32(42)11-14-37(41-35(45)9-8-10-36(46)47-4,15-12-33(43)39-18-24-52-30-27-49-21-6-2)16-13-34(44)40-19-25-53-31-28-50-22-7-3/h1-3H,8-31H2,4H3,(H,38,42)(H,39,43)(H,40,44)(H,41,45). The molecule has 0 spiro atoms. The normalized spacial score (nSPS) is 10.7. The average molecular weight is 751 g/mol. The molecule has 0 aliphatic heterocycles. The van der Waals surface area contributed by atoms with Gasteiger partial charge in [0.15, 0.2) is 0 Å². The number of nitrogens with one attached hydrogen (secondary N) is 4. The van der Waals surface area contributed by atoms with E-state index < -0.39 is 17.4 Å². The van der Waals surface area contributed by atoms with E-state index in [0.717, 1.165) is 0 Å². The van der Waals surface area contributed by atoms with Crippen LogP contribution in [0.2, 0.25) is 0 Å². The van der Waals surface area contributed by atoms with Crippen molar-refractivity contribution >= 4 is 29.6 Å². The Morgan fingerprint density at radius 2 is 0.849 bits per heavy atom. The van der Waals surface area contributed by atoms with Gasteiger partial charge in [0.2, 0.25) is 23.6 Å². The number of rotatable bonds is 35. The van der Waals surface area contributed by atoms with Crippen molar-refractivity contribution in [1.29, 1.82) is 0 Å². The first-order valence-electron chi connectivity index (χ1n) is 17.7. The molecule has 0 unspecified atom stereocenters. The SMILES string of the molecule is C#CCOCCOCCNC(=O)CCC(CCC(=O)NCCOCCOCC#C)(CCC(=O)NCCOCCOCC#C)NC(=O)CCCC(=O)OC. The van der Waals surface area contributed by atoms with Gasteiger partial charge in [-0.3, -0.25) is 24.0 Å². The maximum Gasteiger partial charge on any atom is 0.305 e. The van der Waals surface area contributed by atoms with Gasteiger partial charge in [0.05, 0.1) is 66.6 Å². The molecule has 4 N–H and O–H groups in total. The first-order valence-corrected chi connectivity index (χ1v) is 17.7.